The lowest BCUT2D eigenvalue weighted by atomic mass is 10.1. The number of hydrogen-bond donors (Lipinski definition) is 1. The molecule has 0 aliphatic heterocycles. The maximum atomic E-state index is 12.7. The Morgan fingerprint density at radius 3 is 2.38 bits per heavy atom. The summed E-state index contributed by atoms with van der Waals surface area (Å²) >= 11 is 0. The number of hydrogen-bond acceptors (Lipinski definition) is 4. The maximum Gasteiger partial charge on any atom is 0.241 e. The van der Waals surface area contributed by atoms with Crippen LogP contribution in [0.15, 0.2) is 41.6 Å². The summed E-state index contributed by atoms with van der Waals surface area (Å²) in [5.41, 5.74) is 3.36. The summed E-state index contributed by atoms with van der Waals surface area (Å²) in [6.45, 7) is 7.82. The average Bonchev–Trinajstić information content (AvgIpc) is 2.53. The molecule has 1 heterocycles. The first-order chi connectivity index (χ1) is 12.2. The summed E-state index contributed by atoms with van der Waals surface area (Å²) in [7, 11) is -3.63. The van der Waals surface area contributed by atoms with Crippen molar-refractivity contribution in [2.75, 3.05) is 13.1 Å². The lowest BCUT2D eigenvalue weighted by Crippen LogP contribution is -2.37. The highest BCUT2D eigenvalue weighted by atomic mass is 32.2. The van der Waals surface area contributed by atoms with Gasteiger partial charge in [-0.3, -0.25) is 9.78 Å². The van der Waals surface area contributed by atoms with Gasteiger partial charge in [0, 0.05) is 39.0 Å². The minimum Gasteiger partial charge on any atom is -0.337 e. The predicted octanol–water partition coefficient (Wildman–Crippen LogP) is 2.33. The molecule has 0 spiro atoms. The fourth-order valence-electron chi connectivity index (χ4n) is 3.04. The van der Waals surface area contributed by atoms with Crippen molar-refractivity contribution in [3.05, 3.63) is 58.9 Å². The molecule has 0 aliphatic carbocycles. The Hall–Kier alpha value is -2.25. The number of nitrogens with zero attached hydrogens (tertiary/aromatic N) is 2. The minimum absolute atomic E-state index is 0.115. The molecule has 0 aliphatic rings. The molecule has 0 unspecified atom stereocenters. The first-order valence-corrected chi connectivity index (χ1v) is 9.91. The molecule has 2 aromatic rings. The van der Waals surface area contributed by atoms with Gasteiger partial charge in [-0.1, -0.05) is 23.8 Å². The zero-order valence-corrected chi connectivity index (χ0v) is 16.4. The second-order valence-corrected chi connectivity index (χ2v) is 8.13. The van der Waals surface area contributed by atoms with Gasteiger partial charge in [0.25, 0.3) is 0 Å². The third-order valence-electron chi connectivity index (χ3n) is 4.09. The fourth-order valence-corrected chi connectivity index (χ4v) is 4.51. The number of benzene rings is 1. The van der Waals surface area contributed by atoms with E-state index in [1.807, 2.05) is 25.1 Å². The Morgan fingerprint density at radius 1 is 1.19 bits per heavy atom. The molecule has 1 amide bonds. The van der Waals surface area contributed by atoms with E-state index in [1.54, 1.807) is 37.2 Å². The van der Waals surface area contributed by atoms with Crippen molar-refractivity contribution in [2.45, 2.75) is 39.1 Å². The maximum absolute atomic E-state index is 12.7. The largest absolute Gasteiger partial charge is 0.337 e. The van der Waals surface area contributed by atoms with E-state index in [0.717, 1.165) is 11.1 Å². The van der Waals surface area contributed by atoms with Gasteiger partial charge in [-0.2, -0.15) is 0 Å². The topological polar surface area (TPSA) is 79.4 Å². The second kappa shape index (κ2) is 8.42. The Kier molecular flexibility index (Phi) is 6.50. The SMILES string of the molecule is CC(=O)N(CCNS(=O)(=O)c1c(C)cc(C)cc1C)Cc1cccnc1. The molecule has 0 radical (unpaired) electrons. The van der Waals surface area contributed by atoms with E-state index in [2.05, 4.69) is 9.71 Å². The van der Waals surface area contributed by atoms with Crippen molar-refractivity contribution in [2.24, 2.45) is 0 Å². The van der Waals surface area contributed by atoms with Gasteiger partial charge in [0.05, 0.1) is 4.90 Å². The number of rotatable bonds is 7. The standard InChI is InChI=1S/C19H25N3O3S/c1-14-10-15(2)19(16(3)11-14)26(24,25)21-8-9-22(17(4)23)13-18-6-5-7-20-12-18/h5-7,10-12,21H,8-9,13H2,1-4H3. The number of aromatic nitrogens is 1. The van der Waals surface area contributed by atoms with Crippen LogP contribution in [0.1, 0.15) is 29.2 Å². The van der Waals surface area contributed by atoms with E-state index in [-0.39, 0.29) is 19.0 Å². The van der Waals surface area contributed by atoms with E-state index < -0.39 is 10.0 Å². The monoisotopic (exact) mass is 375 g/mol. The van der Waals surface area contributed by atoms with Gasteiger partial charge in [-0.25, -0.2) is 13.1 Å². The molecule has 0 bridgehead atoms. The van der Waals surface area contributed by atoms with Gasteiger partial charge < -0.3 is 4.90 Å². The Morgan fingerprint density at radius 2 is 1.85 bits per heavy atom. The number of carbonyl (C=O) groups is 1. The fraction of sp³-hybridized carbons (Fsp3) is 0.368. The van der Waals surface area contributed by atoms with Gasteiger partial charge in [0.2, 0.25) is 15.9 Å². The van der Waals surface area contributed by atoms with Gasteiger partial charge in [0.1, 0.15) is 0 Å². The lowest BCUT2D eigenvalue weighted by molar-refractivity contribution is -0.129. The van der Waals surface area contributed by atoms with Crippen molar-refractivity contribution in [3.8, 4) is 0 Å². The quantitative estimate of drug-likeness (QED) is 0.805. The highest BCUT2D eigenvalue weighted by Crippen LogP contribution is 2.21. The zero-order chi connectivity index (χ0) is 19.3. The smallest absolute Gasteiger partial charge is 0.241 e. The van der Waals surface area contributed by atoms with E-state index in [4.69, 9.17) is 0 Å². The van der Waals surface area contributed by atoms with E-state index in [1.165, 1.54) is 6.92 Å². The molecule has 2 rings (SSSR count). The average molecular weight is 375 g/mol. The first kappa shape index (κ1) is 20.1. The van der Waals surface area contributed by atoms with Crippen LogP contribution in [0, 0.1) is 20.8 Å². The number of nitrogens with one attached hydrogen (secondary N) is 1. The Bertz CT molecular complexity index is 857. The third kappa shape index (κ3) is 5.12. The van der Waals surface area contributed by atoms with Crippen LogP contribution in [0.4, 0.5) is 0 Å². The molecule has 0 saturated carbocycles. The van der Waals surface area contributed by atoms with Crippen molar-refractivity contribution in [1.82, 2.24) is 14.6 Å². The molecular formula is C19H25N3O3S. The molecular weight excluding hydrogens is 350 g/mol. The van der Waals surface area contributed by atoms with Gasteiger partial charge in [-0.15, -0.1) is 0 Å². The molecule has 6 nitrogen and oxygen atoms in total. The van der Waals surface area contributed by atoms with Crippen molar-refractivity contribution >= 4 is 15.9 Å². The molecule has 1 aromatic carbocycles. The number of aryl methyl sites for hydroxylation is 3. The second-order valence-electron chi connectivity index (χ2n) is 6.43. The summed E-state index contributed by atoms with van der Waals surface area (Å²) in [6.07, 6.45) is 3.36. The van der Waals surface area contributed by atoms with Crippen molar-refractivity contribution in [3.63, 3.8) is 0 Å². The van der Waals surface area contributed by atoms with Gasteiger partial charge in [0.15, 0.2) is 0 Å². The summed E-state index contributed by atoms with van der Waals surface area (Å²) in [5.74, 6) is -0.115. The predicted molar refractivity (Wildman–Crippen MR) is 101 cm³/mol. The third-order valence-corrected chi connectivity index (χ3v) is 5.85. The van der Waals surface area contributed by atoms with E-state index >= 15 is 0 Å². The van der Waals surface area contributed by atoms with E-state index in [9.17, 15) is 13.2 Å². The van der Waals surface area contributed by atoms with Crippen LogP contribution in [0.5, 0.6) is 0 Å². The number of amides is 1. The summed E-state index contributed by atoms with van der Waals surface area (Å²) in [4.78, 5) is 17.8. The molecule has 26 heavy (non-hydrogen) atoms. The van der Waals surface area contributed by atoms with Crippen LogP contribution in [0.3, 0.4) is 0 Å². The van der Waals surface area contributed by atoms with Gasteiger partial charge >= 0.3 is 0 Å². The number of sulfonamides is 1. The molecule has 1 N–H and O–H groups in total. The molecule has 140 valence electrons. The highest BCUT2D eigenvalue weighted by molar-refractivity contribution is 7.89. The molecule has 0 fully saturated rings. The normalized spacial score (nSPS) is 11.4. The van der Waals surface area contributed by atoms with Crippen LogP contribution < -0.4 is 4.72 Å². The summed E-state index contributed by atoms with van der Waals surface area (Å²) in [6, 6.07) is 7.39. The van der Waals surface area contributed by atoms with E-state index in [0.29, 0.717) is 22.6 Å². The highest BCUT2D eigenvalue weighted by Gasteiger charge is 2.20. The van der Waals surface area contributed by atoms with Crippen LogP contribution in [0.2, 0.25) is 0 Å². The first-order valence-electron chi connectivity index (χ1n) is 8.42. The van der Waals surface area contributed by atoms with Crippen LogP contribution >= 0.6 is 0 Å². The van der Waals surface area contributed by atoms with Crippen LogP contribution in [-0.2, 0) is 21.4 Å². The molecule has 0 saturated heterocycles. The molecule has 0 atom stereocenters. The van der Waals surface area contributed by atoms with Crippen molar-refractivity contribution in [1.29, 1.82) is 0 Å². The minimum atomic E-state index is -3.63. The van der Waals surface area contributed by atoms with Crippen LogP contribution in [0.25, 0.3) is 0 Å². The molecule has 1 aromatic heterocycles. The zero-order valence-electron chi connectivity index (χ0n) is 15.6. The van der Waals surface area contributed by atoms with Crippen molar-refractivity contribution < 1.29 is 13.2 Å². The van der Waals surface area contributed by atoms with Crippen LogP contribution in [-0.4, -0.2) is 37.3 Å². The van der Waals surface area contributed by atoms with Gasteiger partial charge in [-0.05, 0) is 43.5 Å². The Labute approximate surface area is 155 Å². The molecule has 7 heteroatoms. The number of carbonyl (C=O) groups excluding carboxylic acids is 1. The lowest BCUT2D eigenvalue weighted by Gasteiger charge is -2.21. The summed E-state index contributed by atoms with van der Waals surface area (Å²) < 4.78 is 28.0. The summed E-state index contributed by atoms with van der Waals surface area (Å²) in [5, 5.41) is 0. The number of pyridine rings is 1. The Balaban J connectivity index is 2.06.